The third-order valence-corrected chi connectivity index (χ3v) is 4.95. The second-order valence-electron chi connectivity index (χ2n) is 7.10. The number of methoxy groups -OCH3 is 2. The van der Waals surface area contributed by atoms with Crippen molar-refractivity contribution in [3.8, 4) is 17.2 Å². The van der Waals surface area contributed by atoms with Gasteiger partial charge in [0.25, 0.3) is 0 Å². The maximum atomic E-state index is 12.6. The molecule has 1 N–H and O–H groups in total. The minimum absolute atomic E-state index is 0.158. The maximum Gasteiger partial charge on any atom is 0.416 e. The van der Waals surface area contributed by atoms with E-state index in [0.717, 1.165) is 5.56 Å². The summed E-state index contributed by atoms with van der Waals surface area (Å²) < 4.78 is 15.4. The second kappa shape index (κ2) is 7.80. The molecule has 3 rings (SSSR count). The van der Waals surface area contributed by atoms with Crippen molar-refractivity contribution in [2.24, 2.45) is 5.41 Å². The van der Waals surface area contributed by atoms with Gasteiger partial charge < -0.3 is 19.3 Å². The van der Waals surface area contributed by atoms with Crippen LogP contribution in [0.25, 0.3) is 0 Å². The molecule has 1 fully saturated rings. The van der Waals surface area contributed by atoms with Crippen LogP contribution >= 0.6 is 0 Å². The summed E-state index contributed by atoms with van der Waals surface area (Å²) in [5.74, 6) is 0.664. The number of phenolic OH excluding ortho intramolecular Hbond substituents is 1. The highest BCUT2D eigenvalue weighted by atomic mass is 16.6. The molecule has 0 radical (unpaired) electrons. The average Bonchev–Trinajstić information content (AvgIpc) is 2.66. The molecular formula is C21H23NO6. The lowest BCUT2D eigenvalue weighted by Gasteiger charge is -2.53. The van der Waals surface area contributed by atoms with Gasteiger partial charge in [-0.25, -0.2) is 9.59 Å². The smallest absolute Gasteiger partial charge is 0.416 e. The Morgan fingerprint density at radius 2 is 1.82 bits per heavy atom. The largest absolute Gasteiger partial charge is 0.508 e. The molecule has 0 aromatic heterocycles. The Kier molecular flexibility index (Phi) is 5.44. The normalized spacial score (nSPS) is 20.8. The van der Waals surface area contributed by atoms with Crippen LogP contribution in [0, 0.1) is 5.41 Å². The fourth-order valence-electron chi connectivity index (χ4n) is 3.61. The number of hydrogen-bond donors (Lipinski definition) is 1. The molecule has 1 aliphatic heterocycles. The number of ether oxygens (including phenoxy) is 3. The van der Waals surface area contributed by atoms with Crippen LogP contribution in [0.5, 0.6) is 17.2 Å². The third-order valence-electron chi connectivity index (χ3n) is 4.95. The monoisotopic (exact) mass is 385 g/mol. The number of likely N-dealkylation sites (tertiary alicyclic amines) is 1. The molecule has 2 atom stereocenters. The topological polar surface area (TPSA) is 85.3 Å². The molecule has 148 valence electrons. The van der Waals surface area contributed by atoms with Gasteiger partial charge in [-0.15, -0.1) is 0 Å². The van der Waals surface area contributed by atoms with Crippen LogP contribution < -0.4 is 9.47 Å². The van der Waals surface area contributed by atoms with Crippen LogP contribution in [0.1, 0.15) is 12.5 Å². The number of phenols is 1. The number of aromatic hydroxyl groups is 1. The van der Waals surface area contributed by atoms with E-state index in [2.05, 4.69) is 0 Å². The molecule has 7 heteroatoms. The standard InChI is InChI=1S/C21H23NO6/c1-21(12-14-5-4-6-15(23)11-14)13-22(18(21)19(24)27-3)20(25)28-17-9-7-16(26-2)8-10-17/h4-11,18,23H,12-13H2,1-3H3. The summed E-state index contributed by atoms with van der Waals surface area (Å²) in [7, 11) is 2.84. The molecular weight excluding hydrogens is 362 g/mol. The van der Waals surface area contributed by atoms with E-state index in [1.54, 1.807) is 49.6 Å². The van der Waals surface area contributed by atoms with Crippen molar-refractivity contribution in [1.29, 1.82) is 0 Å². The molecule has 2 unspecified atom stereocenters. The molecule has 2 aromatic carbocycles. The van der Waals surface area contributed by atoms with Crippen LogP contribution in [-0.2, 0) is 16.0 Å². The molecule has 1 amide bonds. The SMILES string of the molecule is COC(=O)C1N(C(=O)Oc2ccc(OC)cc2)CC1(C)Cc1cccc(O)c1. The van der Waals surface area contributed by atoms with Gasteiger partial charge in [-0.2, -0.15) is 0 Å². The van der Waals surface area contributed by atoms with Gasteiger partial charge in [-0.05, 0) is 48.4 Å². The third kappa shape index (κ3) is 3.88. The molecule has 1 aliphatic rings. The summed E-state index contributed by atoms with van der Waals surface area (Å²) >= 11 is 0. The van der Waals surface area contributed by atoms with Gasteiger partial charge in [-0.1, -0.05) is 19.1 Å². The predicted molar refractivity (Wildman–Crippen MR) is 101 cm³/mol. The molecule has 0 aliphatic carbocycles. The van der Waals surface area contributed by atoms with Gasteiger partial charge in [-0.3, -0.25) is 4.90 Å². The number of rotatable bonds is 5. The lowest BCUT2D eigenvalue weighted by Crippen LogP contribution is -2.69. The zero-order chi connectivity index (χ0) is 20.3. The highest BCUT2D eigenvalue weighted by molar-refractivity contribution is 5.85. The van der Waals surface area contributed by atoms with Gasteiger partial charge in [0.2, 0.25) is 0 Å². The Morgan fingerprint density at radius 3 is 2.43 bits per heavy atom. The molecule has 0 spiro atoms. The van der Waals surface area contributed by atoms with E-state index >= 15 is 0 Å². The maximum absolute atomic E-state index is 12.6. The molecule has 1 heterocycles. The summed E-state index contributed by atoms with van der Waals surface area (Å²) in [4.78, 5) is 26.3. The van der Waals surface area contributed by atoms with Crippen LogP contribution in [0.4, 0.5) is 4.79 Å². The molecule has 28 heavy (non-hydrogen) atoms. The minimum Gasteiger partial charge on any atom is -0.508 e. The van der Waals surface area contributed by atoms with Crippen molar-refractivity contribution >= 4 is 12.1 Å². The second-order valence-corrected chi connectivity index (χ2v) is 7.10. The number of amides is 1. The first-order valence-corrected chi connectivity index (χ1v) is 8.84. The van der Waals surface area contributed by atoms with Gasteiger partial charge in [0, 0.05) is 12.0 Å². The highest BCUT2D eigenvalue weighted by Gasteiger charge is 2.56. The van der Waals surface area contributed by atoms with E-state index in [0.29, 0.717) is 24.5 Å². The van der Waals surface area contributed by atoms with Crippen LogP contribution in [0.3, 0.4) is 0 Å². The van der Waals surface area contributed by atoms with E-state index in [-0.39, 0.29) is 5.75 Å². The summed E-state index contributed by atoms with van der Waals surface area (Å²) in [5.41, 5.74) is 0.347. The van der Waals surface area contributed by atoms with Gasteiger partial charge in [0.15, 0.2) is 0 Å². The predicted octanol–water partition coefficient (Wildman–Crippen LogP) is 3.01. The fraction of sp³-hybridized carbons (Fsp3) is 0.333. The zero-order valence-electron chi connectivity index (χ0n) is 16.0. The van der Waals surface area contributed by atoms with Gasteiger partial charge in [0.1, 0.15) is 23.3 Å². The van der Waals surface area contributed by atoms with Crippen LogP contribution in [0.15, 0.2) is 48.5 Å². The van der Waals surface area contributed by atoms with Crippen molar-refractivity contribution in [2.75, 3.05) is 20.8 Å². The number of carbonyl (C=O) groups is 2. The quantitative estimate of drug-likeness (QED) is 0.797. The lowest BCUT2D eigenvalue weighted by atomic mass is 9.69. The van der Waals surface area contributed by atoms with Gasteiger partial charge >= 0.3 is 12.1 Å². The Balaban J connectivity index is 1.74. The fourth-order valence-corrected chi connectivity index (χ4v) is 3.61. The molecule has 1 saturated heterocycles. The molecule has 2 aromatic rings. The molecule has 7 nitrogen and oxygen atoms in total. The van der Waals surface area contributed by atoms with Gasteiger partial charge in [0.05, 0.1) is 14.2 Å². The van der Waals surface area contributed by atoms with E-state index < -0.39 is 23.5 Å². The number of benzene rings is 2. The van der Waals surface area contributed by atoms with E-state index in [1.807, 2.05) is 13.0 Å². The van der Waals surface area contributed by atoms with E-state index in [4.69, 9.17) is 14.2 Å². The Morgan fingerprint density at radius 1 is 1.14 bits per heavy atom. The number of nitrogens with zero attached hydrogens (tertiary/aromatic N) is 1. The van der Waals surface area contributed by atoms with Crippen molar-refractivity contribution < 1.29 is 28.9 Å². The summed E-state index contributed by atoms with van der Waals surface area (Å²) in [5, 5.41) is 9.68. The number of esters is 1. The number of hydrogen-bond acceptors (Lipinski definition) is 6. The van der Waals surface area contributed by atoms with E-state index in [9.17, 15) is 14.7 Å². The first-order valence-electron chi connectivity index (χ1n) is 8.84. The Bertz CT molecular complexity index is 865. The van der Waals surface area contributed by atoms with Crippen molar-refractivity contribution in [1.82, 2.24) is 4.90 Å². The van der Waals surface area contributed by atoms with Crippen molar-refractivity contribution in [3.05, 3.63) is 54.1 Å². The summed E-state index contributed by atoms with van der Waals surface area (Å²) in [6.07, 6.45) is -0.109. The molecule has 0 bridgehead atoms. The minimum atomic E-state index is -0.773. The zero-order valence-corrected chi connectivity index (χ0v) is 16.0. The lowest BCUT2D eigenvalue weighted by molar-refractivity contribution is -0.162. The van der Waals surface area contributed by atoms with Crippen LogP contribution in [0.2, 0.25) is 0 Å². The first kappa shape index (κ1) is 19.5. The Labute approximate surface area is 163 Å². The highest BCUT2D eigenvalue weighted by Crippen LogP contribution is 2.42. The van der Waals surface area contributed by atoms with Crippen molar-refractivity contribution in [2.45, 2.75) is 19.4 Å². The van der Waals surface area contributed by atoms with E-state index in [1.165, 1.54) is 12.0 Å². The molecule has 0 saturated carbocycles. The van der Waals surface area contributed by atoms with Crippen LogP contribution in [-0.4, -0.2) is 48.9 Å². The first-order chi connectivity index (χ1) is 13.4. The summed E-state index contributed by atoms with van der Waals surface area (Å²) in [6, 6.07) is 12.7. The van der Waals surface area contributed by atoms with Crippen molar-refractivity contribution in [3.63, 3.8) is 0 Å². The average molecular weight is 385 g/mol. The summed E-state index contributed by atoms with van der Waals surface area (Å²) in [6.45, 7) is 2.24. The Hall–Kier alpha value is -3.22. The number of carbonyl (C=O) groups excluding carboxylic acids is 2.